The van der Waals surface area contributed by atoms with Gasteiger partial charge in [0.2, 0.25) is 0 Å². The van der Waals surface area contributed by atoms with Gasteiger partial charge in [-0.15, -0.1) is 0 Å². The van der Waals surface area contributed by atoms with Gasteiger partial charge < -0.3 is 5.11 Å². The summed E-state index contributed by atoms with van der Waals surface area (Å²) in [7, 11) is 0. The first-order chi connectivity index (χ1) is 6.06. The molecule has 0 atom stereocenters. The van der Waals surface area contributed by atoms with Gasteiger partial charge in [-0.05, 0) is 6.07 Å². The molecule has 0 radical (unpaired) electrons. The first-order valence-electron chi connectivity index (χ1n) is 3.14. The third-order valence-electron chi connectivity index (χ3n) is 1.32. The quantitative estimate of drug-likeness (QED) is 0.714. The zero-order valence-corrected chi connectivity index (χ0v) is 6.89. The summed E-state index contributed by atoms with van der Waals surface area (Å²) in [4.78, 5) is 3.20. The van der Waals surface area contributed by atoms with E-state index in [1.165, 1.54) is 6.07 Å². The zero-order valence-electron chi connectivity index (χ0n) is 6.13. The van der Waals surface area contributed by atoms with Crippen molar-refractivity contribution in [2.24, 2.45) is 0 Å². The number of aromatic hydroxyl groups is 1. The summed E-state index contributed by atoms with van der Waals surface area (Å²) >= 11 is 5.34. The van der Waals surface area contributed by atoms with Crippen molar-refractivity contribution in [1.82, 2.24) is 4.98 Å². The van der Waals surface area contributed by atoms with Gasteiger partial charge in [0.25, 0.3) is 6.43 Å². The minimum atomic E-state index is -2.95. The van der Waals surface area contributed by atoms with Gasteiger partial charge >= 0.3 is 0 Å². The molecule has 13 heavy (non-hydrogen) atoms. The van der Waals surface area contributed by atoms with E-state index in [2.05, 4.69) is 4.98 Å². The Labute approximate surface area is 77.2 Å². The molecule has 0 saturated carbocycles. The van der Waals surface area contributed by atoms with Crippen LogP contribution in [0.5, 0.6) is 5.75 Å². The van der Waals surface area contributed by atoms with Crippen molar-refractivity contribution >= 4 is 11.6 Å². The Morgan fingerprint density at radius 2 is 2.23 bits per heavy atom. The highest BCUT2D eigenvalue weighted by Gasteiger charge is 2.18. The van der Waals surface area contributed by atoms with E-state index in [1.54, 1.807) is 0 Å². The number of rotatable bonds is 1. The highest BCUT2D eigenvalue weighted by atomic mass is 35.5. The van der Waals surface area contributed by atoms with Crippen LogP contribution >= 0.6 is 11.6 Å². The Morgan fingerprint density at radius 3 is 2.69 bits per heavy atom. The molecule has 68 valence electrons. The topological polar surface area (TPSA) is 56.9 Å². The van der Waals surface area contributed by atoms with Gasteiger partial charge in [-0.2, -0.15) is 5.26 Å². The lowest BCUT2D eigenvalue weighted by Crippen LogP contribution is -1.93. The molecule has 1 aromatic heterocycles. The van der Waals surface area contributed by atoms with Crippen LogP contribution < -0.4 is 0 Å². The second-order valence-corrected chi connectivity index (χ2v) is 2.53. The van der Waals surface area contributed by atoms with Crippen molar-refractivity contribution in [3.05, 3.63) is 22.5 Å². The van der Waals surface area contributed by atoms with E-state index < -0.39 is 17.9 Å². The number of pyridine rings is 1. The average Bonchev–Trinajstić information content (AvgIpc) is 2.08. The molecule has 0 saturated heterocycles. The lowest BCUT2D eigenvalue weighted by molar-refractivity contribution is 0.142. The Bertz CT molecular complexity index is 375. The summed E-state index contributed by atoms with van der Waals surface area (Å²) in [6, 6.07) is 2.54. The van der Waals surface area contributed by atoms with Crippen LogP contribution in [0.4, 0.5) is 8.78 Å². The number of alkyl halides is 2. The molecule has 0 aliphatic carbocycles. The molecule has 3 nitrogen and oxygen atoms in total. The van der Waals surface area contributed by atoms with Gasteiger partial charge in [0.15, 0.2) is 11.4 Å². The molecular weight excluding hydrogens is 202 g/mol. The summed E-state index contributed by atoms with van der Waals surface area (Å²) in [6.45, 7) is 0. The number of halogens is 3. The molecule has 1 N–H and O–H groups in total. The van der Waals surface area contributed by atoms with Crippen molar-refractivity contribution in [2.75, 3.05) is 0 Å². The lowest BCUT2D eigenvalue weighted by Gasteiger charge is -2.03. The van der Waals surface area contributed by atoms with Crippen molar-refractivity contribution in [1.29, 1.82) is 5.26 Å². The third kappa shape index (κ3) is 1.84. The van der Waals surface area contributed by atoms with Crippen LogP contribution in [0.1, 0.15) is 17.7 Å². The molecule has 1 heterocycles. The van der Waals surface area contributed by atoms with Crippen LogP contribution in [-0.4, -0.2) is 10.1 Å². The molecule has 0 bridgehead atoms. The van der Waals surface area contributed by atoms with Crippen LogP contribution in [0.3, 0.4) is 0 Å². The van der Waals surface area contributed by atoms with Crippen LogP contribution in [0, 0.1) is 11.3 Å². The molecule has 6 heteroatoms. The fourth-order valence-electron chi connectivity index (χ4n) is 0.763. The minimum Gasteiger partial charge on any atom is -0.505 e. The summed E-state index contributed by atoms with van der Waals surface area (Å²) in [5.41, 5.74) is -1.18. The molecule has 0 amide bonds. The first-order valence-corrected chi connectivity index (χ1v) is 3.51. The molecule has 1 rings (SSSR count). The van der Waals surface area contributed by atoms with E-state index in [-0.39, 0.29) is 10.7 Å². The fourth-order valence-corrected chi connectivity index (χ4v) is 0.963. The highest BCUT2D eigenvalue weighted by molar-refractivity contribution is 6.29. The van der Waals surface area contributed by atoms with Gasteiger partial charge in [-0.3, -0.25) is 0 Å². The van der Waals surface area contributed by atoms with E-state index in [0.29, 0.717) is 0 Å². The highest BCUT2D eigenvalue weighted by Crippen LogP contribution is 2.30. The molecule has 0 aliphatic rings. The Balaban J connectivity index is 3.38. The van der Waals surface area contributed by atoms with E-state index in [4.69, 9.17) is 22.0 Å². The zero-order chi connectivity index (χ0) is 10.0. The average molecular weight is 205 g/mol. The number of hydrogen-bond donors (Lipinski definition) is 1. The maximum atomic E-state index is 12.1. The van der Waals surface area contributed by atoms with E-state index in [0.717, 1.165) is 6.07 Å². The molecule has 1 aromatic rings. The minimum absolute atomic E-state index is 0.246. The molecule has 0 spiro atoms. The summed E-state index contributed by atoms with van der Waals surface area (Å²) < 4.78 is 24.3. The maximum Gasteiger partial charge on any atom is 0.284 e. The molecule has 0 unspecified atom stereocenters. The van der Waals surface area contributed by atoms with Crippen LogP contribution in [0.25, 0.3) is 0 Å². The molecule has 0 fully saturated rings. The van der Waals surface area contributed by atoms with Crippen molar-refractivity contribution in [3.63, 3.8) is 0 Å². The van der Waals surface area contributed by atoms with Gasteiger partial charge in [0.1, 0.15) is 11.2 Å². The van der Waals surface area contributed by atoms with Crippen molar-refractivity contribution in [2.45, 2.75) is 6.43 Å². The molecule has 0 aliphatic heterocycles. The van der Waals surface area contributed by atoms with Gasteiger partial charge in [0, 0.05) is 0 Å². The fraction of sp³-hybridized carbons (Fsp3) is 0.143. The number of nitrogens with zero attached hydrogens (tertiary/aromatic N) is 2. The molecule has 0 aromatic carbocycles. The van der Waals surface area contributed by atoms with Crippen LogP contribution in [-0.2, 0) is 0 Å². The summed E-state index contributed by atoms with van der Waals surface area (Å²) in [6.07, 6.45) is -2.95. The number of aromatic nitrogens is 1. The smallest absolute Gasteiger partial charge is 0.284 e. The van der Waals surface area contributed by atoms with Crippen LogP contribution in [0.2, 0.25) is 5.15 Å². The standard InChI is InChI=1S/C7H3ClF2N2O/c8-4-1-3(2-11)6(13)5(12-4)7(9)10/h1,7,13H. The largest absolute Gasteiger partial charge is 0.505 e. The Hall–Kier alpha value is -1.41. The van der Waals surface area contributed by atoms with E-state index in [9.17, 15) is 8.78 Å². The van der Waals surface area contributed by atoms with Crippen LogP contribution in [0.15, 0.2) is 6.07 Å². The van der Waals surface area contributed by atoms with Gasteiger partial charge in [-0.1, -0.05) is 11.6 Å². The summed E-state index contributed by atoms with van der Waals surface area (Å²) in [5.74, 6) is -0.818. The van der Waals surface area contributed by atoms with Gasteiger partial charge in [-0.25, -0.2) is 13.8 Å². The number of nitriles is 1. The third-order valence-corrected chi connectivity index (χ3v) is 1.51. The normalized spacial score (nSPS) is 10.1. The van der Waals surface area contributed by atoms with Gasteiger partial charge in [0.05, 0.1) is 5.56 Å². The maximum absolute atomic E-state index is 12.1. The SMILES string of the molecule is N#Cc1cc(Cl)nc(C(F)F)c1O. The predicted molar refractivity (Wildman–Crippen MR) is 40.6 cm³/mol. The second kappa shape index (κ2) is 3.54. The lowest BCUT2D eigenvalue weighted by atomic mass is 10.2. The summed E-state index contributed by atoms with van der Waals surface area (Å²) in [5, 5.41) is 17.2. The Morgan fingerprint density at radius 1 is 1.62 bits per heavy atom. The predicted octanol–water partition coefficient (Wildman–Crippen LogP) is 2.25. The first kappa shape index (κ1) is 9.68. The molecular formula is C7H3ClF2N2O. The van der Waals surface area contributed by atoms with Crippen molar-refractivity contribution < 1.29 is 13.9 Å². The van der Waals surface area contributed by atoms with E-state index in [1.807, 2.05) is 0 Å². The second-order valence-electron chi connectivity index (χ2n) is 2.14. The van der Waals surface area contributed by atoms with Crippen molar-refractivity contribution in [3.8, 4) is 11.8 Å². The Kier molecular flexibility index (Phi) is 2.63. The monoisotopic (exact) mass is 204 g/mol. The number of hydrogen-bond acceptors (Lipinski definition) is 3. The van der Waals surface area contributed by atoms with E-state index >= 15 is 0 Å².